The van der Waals surface area contributed by atoms with Crippen molar-refractivity contribution in [1.29, 1.82) is 0 Å². The molecular formula is C9H15N3S. The second-order valence-electron chi connectivity index (χ2n) is 3.81. The summed E-state index contributed by atoms with van der Waals surface area (Å²) in [5.41, 5.74) is 6.69. The standard InChI is InChI=1S/C9H15N3S/c1-7-2-3-12(4-7)5-8-6-13-9(10)11-8/h6-7H,2-5H2,1H3,(H2,10,11). The number of aromatic nitrogens is 1. The van der Waals surface area contributed by atoms with Gasteiger partial charge in [0, 0.05) is 18.5 Å². The SMILES string of the molecule is CC1CCN(Cc2csc(N)n2)C1. The van der Waals surface area contributed by atoms with E-state index in [0.717, 1.165) is 18.2 Å². The van der Waals surface area contributed by atoms with Gasteiger partial charge >= 0.3 is 0 Å². The van der Waals surface area contributed by atoms with Crippen molar-refractivity contribution in [3.63, 3.8) is 0 Å². The predicted molar refractivity (Wildman–Crippen MR) is 55.6 cm³/mol. The van der Waals surface area contributed by atoms with Gasteiger partial charge in [-0.2, -0.15) is 0 Å². The number of thiazole rings is 1. The van der Waals surface area contributed by atoms with E-state index in [1.807, 2.05) is 0 Å². The third-order valence-electron chi connectivity index (χ3n) is 2.46. The Morgan fingerprint density at radius 1 is 1.77 bits per heavy atom. The first kappa shape index (κ1) is 8.97. The van der Waals surface area contributed by atoms with Gasteiger partial charge in [0.1, 0.15) is 0 Å². The normalized spacial score (nSPS) is 23.9. The quantitative estimate of drug-likeness (QED) is 0.782. The molecule has 2 N–H and O–H groups in total. The molecule has 0 amide bonds. The van der Waals surface area contributed by atoms with Crippen LogP contribution in [0.5, 0.6) is 0 Å². The highest BCUT2D eigenvalue weighted by Gasteiger charge is 2.18. The summed E-state index contributed by atoms with van der Waals surface area (Å²) >= 11 is 1.53. The second kappa shape index (κ2) is 3.64. The number of nitrogens with two attached hydrogens (primary N) is 1. The van der Waals surface area contributed by atoms with Crippen LogP contribution in [-0.4, -0.2) is 23.0 Å². The number of hydrogen-bond acceptors (Lipinski definition) is 4. The molecule has 1 aromatic heterocycles. The van der Waals surface area contributed by atoms with Crippen molar-refractivity contribution < 1.29 is 0 Å². The Hall–Kier alpha value is -0.610. The molecule has 0 saturated carbocycles. The molecule has 1 atom stereocenters. The summed E-state index contributed by atoms with van der Waals surface area (Å²) in [6, 6.07) is 0. The minimum atomic E-state index is 0.683. The van der Waals surface area contributed by atoms with Crippen LogP contribution >= 0.6 is 11.3 Å². The number of rotatable bonds is 2. The third kappa shape index (κ3) is 2.19. The van der Waals surface area contributed by atoms with Crippen molar-refractivity contribution in [2.24, 2.45) is 5.92 Å². The Morgan fingerprint density at radius 2 is 2.62 bits per heavy atom. The fraction of sp³-hybridized carbons (Fsp3) is 0.667. The van der Waals surface area contributed by atoms with Gasteiger partial charge in [0.15, 0.2) is 5.13 Å². The summed E-state index contributed by atoms with van der Waals surface area (Å²) in [5, 5.41) is 2.74. The third-order valence-corrected chi connectivity index (χ3v) is 3.19. The van der Waals surface area contributed by atoms with Crippen LogP contribution in [0.3, 0.4) is 0 Å². The monoisotopic (exact) mass is 197 g/mol. The van der Waals surface area contributed by atoms with Gasteiger partial charge in [0.05, 0.1) is 5.69 Å². The van der Waals surface area contributed by atoms with Gasteiger partial charge in [0.25, 0.3) is 0 Å². The van der Waals surface area contributed by atoms with Gasteiger partial charge in [-0.05, 0) is 18.9 Å². The largest absolute Gasteiger partial charge is 0.375 e. The molecule has 0 spiro atoms. The van der Waals surface area contributed by atoms with E-state index in [2.05, 4.69) is 22.2 Å². The van der Waals surface area contributed by atoms with E-state index in [0.29, 0.717) is 5.13 Å². The van der Waals surface area contributed by atoms with E-state index in [-0.39, 0.29) is 0 Å². The molecule has 0 aliphatic carbocycles. The van der Waals surface area contributed by atoms with Crippen LogP contribution in [0.1, 0.15) is 19.0 Å². The molecule has 2 rings (SSSR count). The smallest absolute Gasteiger partial charge is 0.180 e. The minimum absolute atomic E-state index is 0.683. The molecule has 4 heteroatoms. The van der Waals surface area contributed by atoms with Crippen LogP contribution in [0.4, 0.5) is 5.13 Å². The molecule has 3 nitrogen and oxygen atoms in total. The lowest BCUT2D eigenvalue weighted by atomic mass is 10.2. The van der Waals surface area contributed by atoms with E-state index in [9.17, 15) is 0 Å². The Bertz CT molecular complexity index is 284. The molecule has 0 bridgehead atoms. The summed E-state index contributed by atoms with van der Waals surface area (Å²) in [6.45, 7) is 5.68. The fourth-order valence-electron chi connectivity index (χ4n) is 1.79. The number of hydrogen-bond donors (Lipinski definition) is 1. The fourth-order valence-corrected chi connectivity index (χ4v) is 2.35. The van der Waals surface area contributed by atoms with E-state index in [4.69, 9.17) is 5.73 Å². The number of anilines is 1. The van der Waals surface area contributed by atoms with Crippen LogP contribution in [0, 0.1) is 5.92 Å². The van der Waals surface area contributed by atoms with Gasteiger partial charge in [0.2, 0.25) is 0 Å². The maximum atomic E-state index is 5.57. The first-order valence-corrected chi connectivity index (χ1v) is 5.54. The molecule has 2 heterocycles. The zero-order chi connectivity index (χ0) is 9.26. The minimum Gasteiger partial charge on any atom is -0.375 e. The number of nitrogens with zero attached hydrogens (tertiary/aromatic N) is 2. The molecular weight excluding hydrogens is 182 g/mol. The number of nitrogen functional groups attached to an aromatic ring is 1. The first-order chi connectivity index (χ1) is 6.24. The first-order valence-electron chi connectivity index (χ1n) is 4.66. The molecule has 0 radical (unpaired) electrons. The topological polar surface area (TPSA) is 42.1 Å². The maximum Gasteiger partial charge on any atom is 0.180 e. The summed E-state index contributed by atoms with van der Waals surface area (Å²) in [7, 11) is 0. The molecule has 13 heavy (non-hydrogen) atoms. The highest BCUT2D eigenvalue weighted by atomic mass is 32.1. The van der Waals surface area contributed by atoms with Crippen molar-refractivity contribution in [3.8, 4) is 0 Å². The zero-order valence-electron chi connectivity index (χ0n) is 7.86. The van der Waals surface area contributed by atoms with E-state index >= 15 is 0 Å². The second-order valence-corrected chi connectivity index (χ2v) is 4.70. The average Bonchev–Trinajstić information content (AvgIpc) is 2.62. The Balaban J connectivity index is 1.91. The molecule has 0 aromatic carbocycles. The highest BCUT2D eigenvalue weighted by molar-refractivity contribution is 7.13. The van der Waals surface area contributed by atoms with Crippen molar-refractivity contribution in [3.05, 3.63) is 11.1 Å². The summed E-state index contributed by atoms with van der Waals surface area (Å²) in [4.78, 5) is 6.70. The Morgan fingerprint density at radius 3 is 3.15 bits per heavy atom. The molecule has 1 aliphatic rings. The van der Waals surface area contributed by atoms with E-state index in [1.54, 1.807) is 0 Å². The molecule has 1 saturated heterocycles. The zero-order valence-corrected chi connectivity index (χ0v) is 8.68. The van der Waals surface area contributed by atoms with E-state index < -0.39 is 0 Å². The number of likely N-dealkylation sites (tertiary alicyclic amines) is 1. The van der Waals surface area contributed by atoms with Crippen LogP contribution in [-0.2, 0) is 6.54 Å². The molecule has 1 aromatic rings. The van der Waals surface area contributed by atoms with Crippen LogP contribution in [0.15, 0.2) is 5.38 Å². The molecule has 1 fully saturated rings. The average molecular weight is 197 g/mol. The van der Waals surface area contributed by atoms with Gasteiger partial charge in [-0.3, -0.25) is 4.90 Å². The van der Waals surface area contributed by atoms with Crippen LogP contribution in [0.2, 0.25) is 0 Å². The van der Waals surface area contributed by atoms with Gasteiger partial charge in [-0.15, -0.1) is 11.3 Å². The van der Waals surface area contributed by atoms with Crippen molar-refractivity contribution in [2.75, 3.05) is 18.8 Å². The van der Waals surface area contributed by atoms with Crippen molar-refractivity contribution in [2.45, 2.75) is 19.9 Å². The lowest BCUT2D eigenvalue weighted by Crippen LogP contribution is -2.19. The van der Waals surface area contributed by atoms with Crippen molar-refractivity contribution >= 4 is 16.5 Å². The highest BCUT2D eigenvalue weighted by Crippen LogP contribution is 2.19. The van der Waals surface area contributed by atoms with Crippen LogP contribution < -0.4 is 5.73 Å². The predicted octanol–water partition coefficient (Wildman–Crippen LogP) is 1.57. The summed E-state index contributed by atoms with van der Waals surface area (Å²) in [5.74, 6) is 0.844. The Labute approximate surface area is 82.6 Å². The van der Waals surface area contributed by atoms with Crippen LogP contribution in [0.25, 0.3) is 0 Å². The summed E-state index contributed by atoms with van der Waals surface area (Å²) in [6.07, 6.45) is 1.32. The lowest BCUT2D eigenvalue weighted by molar-refractivity contribution is 0.317. The molecule has 1 aliphatic heterocycles. The Kier molecular flexibility index (Phi) is 2.51. The van der Waals surface area contributed by atoms with Gasteiger partial charge in [-0.1, -0.05) is 6.92 Å². The maximum absolute atomic E-state index is 5.57. The van der Waals surface area contributed by atoms with Crippen molar-refractivity contribution in [1.82, 2.24) is 9.88 Å². The molecule has 72 valence electrons. The van der Waals surface area contributed by atoms with Gasteiger partial charge < -0.3 is 5.73 Å². The summed E-state index contributed by atoms with van der Waals surface area (Å²) < 4.78 is 0. The molecule has 1 unspecified atom stereocenters. The van der Waals surface area contributed by atoms with E-state index in [1.165, 1.54) is 30.8 Å². The lowest BCUT2D eigenvalue weighted by Gasteiger charge is -2.12. The van der Waals surface area contributed by atoms with Gasteiger partial charge in [-0.25, -0.2) is 4.98 Å².